The van der Waals surface area contributed by atoms with E-state index in [0.29, 0.717) is 5.92 Å². The minimum Gasteiger partial charge on any atom is -0.457 e. The molecule has 0 saturated heterocycles. The first-order valence-corrected chi connectivity index (χ1v) is 6.16. The second-order valence-electron chi connectivity index (χ2n) is 4.46. The normalized spacial score (nSPS) is 20.9. The largest absolute Gasteiger partial charge is 0.457 e. The SMILES string of the molecule is CC(=O)OC(c1ccccc1)C1C=CCCC1. The summed E-state index contributed by atoms with van der Waals surface area (Å²) in [5.41, 5.74) is 1.08. The van der Waals surface area contributed by atoms with E-state index in [-0.39, 0.29) is 12.1 Å². The molecule has 0 aliphatic heterocycles. The molecule has 0 bridgehead atoms. The molecule has 2 rings (SSSR count). The van der Waals surface area contributed by atoms with E-state index >= 15 is 0 Å². The summed E-state index contributed by atoms with van der Waals surface area (Å²) in [5.74, 6) is 0.105. The molecule has 2 atom stereocenters. The van der Waals surface area contributed by atoms with Gasteiger partial charge in [0.2, 0.25) is 0 Å². The average molecular weight is 230 g/mol. The molecule has 1 aliphatic rings. The number of carbonyl (C=O) groups excluding carboxylic acids is 1. The Morgan fingerprint density at radius 1 is 1.35 bits per heavy atom. The van der Waals surface area contributed by atoms with Crippen molar-refractivity contribution in [2.75, 3.05) is 0 Å². The fourth-order valence-corrected chi connectivity index (χ4v) is 2.32. The van der Waals surface area contributed by atoms with E-state index in [4.69, 9.17) is 4.74 Å². The molecule has 17 heavy (non-hydrogen) atoms. The van der Waals surface area contributed by atoms with Crippen LogP contribution in [-0.2, 0) is 9.53 Å². The molecule has 0 amide bonds. The van der Waals surface area contributed by atoms with Crippen molar-refractivity contribution >= 4 is 5.97 Å². The molecule has 0 aromatic heterocycles. The lowest BCUT2D eigenvalue weighted by Crippen LogP contribution is -2.18. The van der Waals surface area contributed by atoms with Gasteiger partial charge in [0.15, 0.2) is 0 Å². The molecule has 0 radical (unpaired) electrons. The molecule has 1 aliphatic carbocycles. The van der Waals surface area contributed by atoms with E-state index in [2.05, 4.69) is 12.2 Å². The zero-order valence-electron chi connectivity index (χ0n) is 10.1. The van der Waals surface area contributed by atoms with Crippen molar-refractivity contribution in [3.05, 3.63) is 48.0 Å². The molecule has 0 spiro atoms. The number of ether oxygens (including phenoxy) is 1. The molecule has 0 N–H and O–H groups in total. The van der Waals surface area contributed by atoms with E-state index in [1.54, 1.807) is 0 Å². The molecule has 1 aromatic carbocycles. The highest BCUT2D eigenvalue weighted by molar-refractivity contribution is 5.66. The molecular weight excluding hydrogens is 212 g/mol. The maximum absolute atomic E-state index is 11.2. The predicted molar refractivity (Wildman–Crippen MR) is 67.4 cm³/mol. The molecule has 1 aromatic rings. The molecule has 2 heteroatoms. The van der Waals surface area contributed by atoms with Crippen molar-refractivity contribution in [1.29, 1.82) is 0 Å². The Labute approximate surface area is 102 Å². The van der Waals surface area contributed by atoms with Crippen LogP contribution in [0.25, 0.3) is 0 Å². The van der Waals surface area contributed by atoms with Crippen LogP contribution in [0.15, 0.2) is 42.5 Å². The van der Waals surface area contributed by atoms with Gasteiger partial charge in [0.1, 0.15) is 6.10 Å². The fourth-order valence-electron chi connectivity index (χ4n) is 2.32. The van der Waals surface area contributed by atoms with Crippen LogP contribution in [0.2, 0.25) is 0 Å². The van der Waals surface area contributed by atoms with Crippen LogP contribution in [0.5, 0.6) is 0 Å². The lowest BCUT2D eigenvalue weighted by Gasteiger charge is -2.26. The van der Waals surface area contributed by atoms with Crippen molar-refractivity contribution in [3.8, 4) is 0 Å². The van der Waals surface area contributed by atoms with Gasteiger partial charge in [0, 0.05) is 12.8 Å². The summed E-state index contributed by atoms with van der Waals surface area (Å²) in [6, 6.07) is 9.99. The Bertz CT molecular complexity index is 395. The number of carbonyl (C=O) groups is 1. The first kappa shape index (κ1) is 11.9. The maximum Gasteiger partial charge on any atom is 0.303 e. The second kappa shape index (κ2) is 5.67. The van der Waals surface area contributed by atoms with Crippen LogP contribution < -0.4 is 0 Å². The zero-order chi connectivity index (χ0) is 12.1. The standard InChI is InChI=1S/C15H18O2/c1-12(16)17-15(13-8-4-2-5-9-13)14-10-6-3-7-11-14/h2,4-6,8-10,14-15H,3,7,11H2,1H3. The van der Waals surface area contributed by atoms with Gasteiger partial charge >= 0.3 is 5.97 Å². The van der Waals surface area contributed by atoms with Crippen LogP contribution in [0, 0.1) is 5.92 Å². The van der Waals surface area contributed by atoms with Gasteiger partial charge < -0.3 is 4.74 Å². The molecule has 0 heterocycles. The first-order chi connectivity index (χ1) is 8.27. The highest BCUT2D eigenvalue weighted by atomic mass is 16.5. The predicted octanol–water partition coefficient (Wildman–Crippen LogP) is 3.65. The van der Waals surface area contributed by atoms with E-state index in [1.807, 2.05) is 30.3 Å². The topological polar surface area (TPSA) is 26.3 Å². The lowest BCUT2D eigenvalue weighted by molar-refractivity contribution is -0.148. The third-order valence-electron chi connectivity index (χ3n) is 3.10. The Morgan fingerprint density at radius 3 is 2.71 bits per heavy atom. The molecule has 2 unspecified atom stereocenters. The minimum absolute atomic E-state index is 0.134. The van der Waals surface area contributed by atoms with Crippen molar-refractivity contribution in [2.45, 2.75) is 32.3 Å². The van der Waals surface area contributed by atoms with Crippen LogP contribution in [0.3, 0.4) is 0 Å². The van der Waals surface area contributed by atoms with Gasteiger partial charge in [-0.05, 0) is 24.8 Å². The van der Waals surface area contributed by atoms with E-state index in [1.165, 1.54) is 13.3 Å². The highest BCUT2D eigenvalue weighted by Gasteiger charge is 2.24. The zero-order valence-corrected chi connectivity index (χ0v) is 10.1. The molecule has 90 valence electrons. The van der Waals surface area contributed by atoms with Crippen LogP contribution in [0.4, 0.5) is 0 Å². The van der Waals surface area contributed by atoms with Gasteiger partial charge in [0.05, 0.1) is 0 Å². The highest BCUT2D eigenvalue weighted by Crippen LogP contribution is 2.33. The van der Waals surface area contributed by atoms with Crippen molar-refractivity contribution in [2.24, 2.45) is 5.92 Å². The van der Waals surface area contributed by atoms with Gasteiger partial charge in [-0.1, -0.05) is 42.5 Å². The fraction of sp³-hybridized carbons (Fsp3) is 0.400. The first-order valence-electron chi connectivity index (χ1n) is 6.16. The van der Waals surface area contributed by atoms with E-state index < -0.39 is 0 Å². The second-order valence-corrected chi connectivity index (χ2v) is 4.46. The van der Waals surface area contributed by atoms with Crippen molar-refractivity contribution in [1.82, 2.24) is 0 Å². The maximum atomic E-state index is 11.2. The van der Waals surface area contributed by atoms with Crippen molar-refractivity contribution in [3.63, 3.8) is 0 Å². The number of esters is 1. The van der Waals surface area contributed by atoms with Crippen LogP contribution in [0.1, 0.15) is 37.9 Å². The number of rotatable bonds is 3. The summed E-state index contributed by atoms with van der Waals surface area (Å²) in [7, 11) is 0. The number of benzene rings is 1. The Morgan fingerprint density at radius 2 is 2.12 bits per heavy atom. The van der Waals surface area contributed by atoms with Crippen LogP contribution in [-0.4, -0.2) is 5.97 Å². The Kier molecular flexibility index (Phi) is 3.97. The van der Waals surface area contributed by atoms with Crippen LogP contribution >= 0.6 is 0 Å². The summed E-state index contributed by atoms with van der Waals surface area (Å²) >= 11 is 0. The lowest BCUT2D eigenvalue weighted by atomic mass is 9.87. The minimum atomic E-state index is -0.210. The quantitative estimate of drug-likeness (QED) is 0.585. The summed E-state index contributed by atoms with van der Waals surface area (Å²) in [4.78, 5) is 11.2. The van der Waals surface area contributed by atoms with Gasteiger partial charge in [-0.2, -0.15) is 0 Å². The Balaban J connectivity index is 2.21. The van der Waals surface area contributed by atoms with Gasteiger partial charge in [-0.3, -0.25) is 4.79 Å². The van der Waals surface area contributed by atoms with Gasteiger partial charge in [-0.15, -0.1) is 0 Å². The third-order valence-corrected chi connectivity index (χ3v) is 3.10. The van der Waals surface area contributed by atoms with E-state index in [0.717, 1.165) is 18.4 Å². The summed E-state index contributed by atoms with van der Waals surface area (Å²) in [6.07, 6.45) is 7.63. The molecule has 2 nitrogen and oxygen atoms in total. The summed E-state index contributed by atoms with van der Waals surface area (Å²) in [5, 5.41) is 0. The number of hydrogen-bond acceptors (Lipinski definition) is 2. The number of hydrogen-bond donors (Lipinski definition) is 0. The summed E-state index contributed by atoms with van der Waals surface area (Å²) in [6.45, 7) is 1.47. The Hall–Kier alpha value is -1.57. The van der Waals surface area contributed by atoms with E-state index in [9.17, 15) is 4.79 Å². The molecule has 0 fully saturated rings. The molecule has 0 saturated carbocycles. The number of allylic oxidation sites excluding steroid dienone is 1. The van der Waals surface area contributed by atoms with Gasteiger partial charge in [-0.25, -0.2) is 0 Å². The van der Waals surface area contributed by atoms with Gasteiger partial charge in [0.25, 0.3) is 0 Å². The average Bonchev–Trinajstić information content (AvgIpc) is 2.38. The molecular formula is C15H18O2. The monoisotopic (exact) mass is 230 g/mol. The summed E-state index contributed by atoms with van der Waals surface area (Å²) < 4.78 is 5.49. The van der Waals surface area contributed by atoms with Crippen molar-refractivity contribution < 1.29 is 9.53 Å². The third kappa shape index (κ3) is 3.19. The smallest absolute Gasteiger partial charge is 0.303 e.